The summed E-state index contributed by atoms with van der Waals surface area (Å²) in [5.41, 5.74) is 9.51. The van der Waals surface area contributed by atoms with Crippen molar-refractivity contribution < 1.29 is 14.4 Å². The van der Waals surface area contributed by atoms with Crippen molar-refractivity contribution in [3.05, 3.63) is 54.1 Å². The van der Waals surface area contributed by atoms with Crippen LogP contribution in [0.1, 0.15) is 5.56 Å². The average molecular weight is 312 g/mol. The van der Waals surface area contributed by atoms with Crippen molar-refractivity contribution in [1.29, 1.82) is 0 Å². The van der Waals surface area contributed by atoms with E-state index >= 15 is 0 Å². The molecule has 3 N–H and O–H groups in total. The number of benzene rings is 2. The summed E-state index contributed by atoms with van der Waals surface area (Å²) in [6, 6.07) is 16.0. The van der Waals surface area contributed by atoms with E-state index < -0.39 is 0 Å². The lowest BCUT2D eigenvalue weighted by Crippen LogP contribution is -2.38. The molecule has 0 amide bonds. The largest absolute Gasteiger partial charge is 0.490 e. The van der Waals surface area contributed by atoms with E-state index in [2.05, 4.69) is 0 Å². The van der Waals surface area contributed by atoms with Gasteiger partial charge in [-0.2, -0.15) is 0 Å². The number of hydrogen-bond acceptors (Lipinski definition) is 3. The summed E-state index contributed by atoms with van der Waals surface area (Å²) in [6.45, 7) is 3.77. The van der Waals surface area contributed by atoms with Crippen LogP contribution in [0.5, 0.6) is 5.75 Å². The van der Waals surface area contributed by atoms with Crippen LogP contribution < -0.4 is 15.0 Å². The summed E-state index contributed by atoms with van der Waals surface area (Å²) in [5.74, 6) is 1.50. The minimum Gasteiger partial charge on any atom is -0.490 e. The van der Waals surface area contributed by atoms with Crippen LogP contribution in [0.4, 0.5) is 5.95 Å². The van der Waals surface area contributed by atoms with E-state index in [-0.39, 0.29) is 6.61 Å². The molecule has 0 aliphatic rings. The molecule has 0 spiro atoms. The van der Waals surface area contributed by atoms with Gasteiger partial charge < -0.3 is 9.84 Å². The van der Waals surface area contributed by atoms with Crippen LogP contribution in [0.25, 0.3) is 11.0 Å². The highest BCUT2D eigenvalue weighted by Gasteiger charge is 2.19. The van der Waals surface area contributed by atoms with Crippen LogP contribution >= 0.6 is 0 Å². The van der Waals surface area contributed by atoms with Gasteiger partial charge in [-0.3, -0.25) is 5.73 Å². The smallest absolute Gasteiger partial charge is 0.356 e. The highest BCUT2D eigenvalue weighted by atomic mass is 16.5. The number of ether oxygens (including phenoxy) is 1. The molecule has 0 saturated heterocycles. The molecule has 0 atom stereocenters. The molecule has 2 aromatic carbocycles. The number of aliphatic hydroxyl groups is 1. The fraction of sp³-hybridized carbons (Fsp3) is 0.278. The zero-order chi connectivity index (χ0) is 16.2. The highest BCUT2D eigenvalue weighted by molar-refractivity contribution is 5.73. The first-order valence-electron chi connectivity index (χ1n) is 7.77. The highest BCUT2D eigenvalue weighted by Crippen LogP contribution is 2.17. The molecule has 0 unspecified atom stereocenters. The van der Waals surface area contributed by atoms with Crippen molar-refractivity contribution in [2.45, 2.75) is 20.0 Å². The lowest BCUT2D eigenvalue weighted by Gasteiger charge is -2.06. The number of hydrogen-bond donors (Lipinski definition) is 2. The van der Waals surface area contributed by atoms with Crippen molar-refractivity contribution in [3.8, 4) is 5.75 Å². The Morgan fingerprint density at radius 1 is 1.17 bits per heavy atom. The zero-order valence-corrected chi connectivity index (χ0v) is 13.3. The molecule has 0 saturated carbocycles. The number of anilines is 1. The lowest BCUT2D eigenvalue weighted by atomic mass is 10.2. The number of nitrogen functional groups attached to an aromatic ring is 1. The van der Waals surface area contributed by atoms with Gasteiger partial charge in [0.15, 0.2) is 0 Å². The van der Waals surface area contributed by atoms with Gasteiger partial charge in [0.1, 0.15) is 29.9 Å². The number of fused-ring (bicyclic) bond motifs is 1. The summed E-state index contributed by atoms with van der Waals surface area (Å²) < 4.78 is 9.79. The van der Waals surface area contributed by atoms with Gasteiger partial charge >= 0.3 is 5.95 Å². The summed E-state index contributed by atoms with van der Waals surface area (Å²) in [7, 11) is 0. The third kappa shape index (κ3) is 3.14. The number of aliphatic hydroxyl groups excluding tert-OH is 1. The number of nitrogens with two attached hydrogens (primary N) is 1. The average Bonchev–Trinajstić information content (AvgIpc) is 2.81. The number of imidazole rings is 1. The fourth-order valence-corrected chi connectivity index (χ4v) is 2.84. The molecular weight excluding hydrogens is 290 g/mol. The Labute approximate surface area is 135 Å². The minimum absolute atomic E-state index is 0.0582. The van der Waals surface area contributed by atoms with Crippen molar-refractivity contribution in [2.75, 3.05) is 18.9 Å². The van der Waals surface area contributed by atoms with E-state index in [1.54, 1.807) is 0 Å². The minimum atomic E-state index is 0.0582. The standard InChI is InChI=1S/C18H21N3O2/c1-14-5-4-6-15(13-14)23-12-10-21-17-8-3-2-7-16(17)20(9-11-22)18(21)19/h2-8,13,19,22H,9-12H2,1H3/p+1. The van der Waals surface area contributed by atoms with Gasteiger partial charge in [0.25, 0.3) is 0 Å². The van der Waals surface area contributed by atoms with Crippen LogP contribution in [0.3, 0.4) is 0 Å². The fourth-order valence-electron chi connectivity index (χ4n) is 2.84. The Bertz CT molecular complexity index is 811. The molecule has 3 rings (SSSR count). The Kier molecular flexibility index (Phi) is 4.48. The van der Waals surface area contributed by atoms with Crippen molar-refractivity contribution in [1.82, 2.24) is 4.57 Å². The molecule has 1 aromatic heterocycles. The van der Waals surface area contributed by atoms with Crippen LogP contribution in [-0.4, -0.2) is 22.9 Å². The van der Waals surface area contributed by atoms with Crippen molar-refractivity contribution in [3.63, 3.8) is 0 Å². The van der Waals surface area contributed by atoms with Crippen LogP contribution in [0, 0.1) is 6.92 Å². The van der Waals surface area contributed by atoms with Gasteiger partial charge in [-0.1, -0.05) is 24.3 Å². The van der Waals surface area contributed by atoms with Gasteiger partial charge in [0.2, 0.25) is 0 Å². The molecule has 0 bridgehead atoms. The maximum Gasteiger partial charge on any atom is 0.356 e. The number of aryl methyl sites for hydroxylation is 1. The second-order valence-corrected chi connectivity index (χ2v) is 5.54. The van der Waals surface area contributed by atoms with Gasteiger partial charge in [-0.05, 0) is 36.8 Å². The topological polar surface area (TPSA) is 64.3 Å². The van der Waals surface area contributed by atoms with Crippen LogP contribution in [-0.2, 0) is 13.1 Å². The molecular formula is C18H22N3O2+. The first-order valence-corrected chi connectivity index (χ1v) is 7.77. The first-order chi connectivity index (χ1) is 11.2. The molecule has 5 heteroatoms. The number of para-hydroxylation sites is 2. The molecule has 23 heavy (non-hydrogen) atoms. The Morgan fingerprint density at radius 2 is 2.00 bits per heavy atom. The predicted octanol–water partition coefficient (Wildman–Crippen LogP) is 1.89. The van der Waals surface area contributed by atoms with Gasteiger partial charge in [-0.25, -0.2) is 9.13 Å². The third-order valence-electron chi connectivity index (χ3n) is 3.91. The van der Waals surface area contributed by atoms with Crippen molar-refractivity contribution >= 4 is 17.0 Å². The van der Waals surface area contributed by atoms with E-state index in [9.17, 15) is 5.11 Å². The van der Waals surface area contributed by atoms with E-state index in [1.807, 2.05) is 64.6 Å². The predicted molar refractivity (Wildman–Crippen MR) is 90.3 cm³/mol. The van der Waals surface area contributed by atoms with E-state index in [1.165, 1.54) is 5.56 Å². The monoisotopic (exact) mass is 312 g/mol. The quantitative estimate of drug-likeness (QED) is 0.683. The third-order valence-corrected chi connectivity index (χ3v) is 3.91. The van der Waals surface area contributed by atoms with Crippen molar-refractivity contribution in [2.24, 2.45) is 0 Å². The SMILES string of the molecule is Cc1cccc(OCCn2c(N)[n+](CCO)c3ccccc32)c1. The molecule has 0 fully saturated rings. The number of nitrogens with zero attached hydrogens (tertiary/aromatic N) is 2. The maximum atomic E-state index is 9.25. The number of aromatic nitrogens is 2. The maximum absolute atomic E-state index is 9.25. The Morgan fingerprint density at radius 3 is 2.78 bits per heavy atom. The molecule has 5 nitrogen and oxygen atoms in total. The second-order valence-electron chi connectivity index (χ2n) is 5.54. The normalized spacial score (nSPS) is 11.0. The lowest BCUT2D eigenvalue weighted by molar-refractivity contribution is -0.658. The molecule has 0 radical (unpaired) electrons. The zero-order valence-electron chi connectivity index (χ0n) is 13.3. The second kappa shape index (κ2) is 6.71. The van der Waals surface area contributed by atoms with Gasteiger partial charge in [0, 0.05) is 0 Å². The Hall–Kier alpha value is -2.53. The van der Waals surface area contributed by atoms with Gasteiger partial charge in [0.05, 0.1) is 13.2 Å². The molecule has 3 aromatic rings. The van der Waals surface area contributed by atoms with Crippen LogP contribution in [0.2, 0.25) is 0 Å². The molecule has 1 heterocycles. The first kappa shape index (κ1) is 15.4. The molecule has 0 aliphatic carbocycles. The molecule has 120 valence electrons. The number of rotatable bonds is 6. The van der Waals surface area contributed by atoms with E-state index in [0.717, 1.165) is 16.8 Å². The summed E-state index contributed by atoms with van der Waals surface area (Å²) in [5, 5.41) is 9.25. The summed E-state index contributed by atoms with van der Waals surface area (Å²) in [6.07, 6.45) is 0. The summed E-state index contributed by atoms with van der Waals surface area (Å²) in [4.78, 5) is 0. The van der Waals surface area contributed by atoms with E-state index in [0.29, 0.717) is 25.6 Å². The van der Waals surface area contributed by atoms with E-state index in [4.69, 9.17) is 10.5 Å². The van der Waals surface area contributed by atoms with Crippen LogP contribution in [0.15, 0.2) is 48.5 Å². The Balaban J connectivity index is 1.81. The van der Waals surface area contributed by atoms with Gasteiger partial charge in [-0.15, -0.1) is 0 Å². The molecule has 0 aliphatic heterocycles. The summed E-state index contributed by atoms with van der Waals surface area (Å²) >= 11 is 0.